The summed E-state index contributed by atoms with van der Waals surface area (Å²) < 4.78 is 10.6. The number of nitrogens with zero attached hydrogens (tertiary/aromatic N) is 2. The second kappa shape index (κ2) is 11.5. The van der Waals surface area contributed by atoms with E-state index in [4.69, 9.17) is 9.47 Å². The number of benzene rings is 2. The molecule has 1 fully saturated rings. The lowest BCUT2D eigenvalue weighted by molar-refractivity contribution is -0.124. The number of anilines is 1. The van der Waals surface area contributed by atoms with Crippen LogP contribution in [0.2, 0.25) is 0 Å². The van der Waals surface area contributed by atoms with Crippen molar-refractivity contribution in [1.82, 2.24) is 15.1 Å². The molecule has 1 saturated heterocycles. The molecule has 172 valence electrons. The molecule has 1 aliphatic heterocycles. The molecule has 0 saturated carbocycles. The van der Waals surface area contributed by atoms with Crippen molar-refractivity contribution in [1.29, 1.82) is 0 Å². The molecule has 0 aliphatic carbocycles. The van der Waals surface area contributed by atoms with Gasteiger partial charge in [-0.15, -0.1) is 0 Å². The molecule has 2 N–H and O–H groups in total. The molecular formula is C24H32N4O4. The topological polar surface area (TPSA) is 83.1 Å². The maximum Gasteiger partial charge on any atom is 0.241 e. The van der Waals surface area contributed by atoms with E-state index in [0.29, 0.717) is 30.3 Å². The number of piperazine rings is 1. The van der Waals surface area contributed by atoms with Gasteiger partial charge in [0.1, 0.15) is 11.5 Å². The van der Waals surface area contributed by atoms with E-state index in [-0.39, 0.29) is 17.9 Å². The zero-order valence-electron chi connectivity index (χ0n) is 19.0. The first kappa shape index (κ1) is 23.6. The fraction of sp³-hybridized carbons (Fsp3) is 0.417. The summed E-state index contributed by atoms with van der Waals surface area (Å²) in [5, 5.41) is 5.91. The van der Waals surface area contributed by atoms with Crippen LogP contribution in [0.25, 0.3) is 0 Å². The molecule has 2 amide bonds. The Morgan fingerprint density at radius 2 is 1.72 bits per heavy atom. The third-order valence-electron chi connectivity index (χ3n) is 5.70. The van der Waals surface area contributed by atoms with Crippen molar-refractivity contribution in [2.24, 2.45) is 0 Å². The first-order valence-corrected chi connectivity index (χ1v) is 10.8. The van der Waals surface area contributed by atoms with E-state index in [1.807, 2.05) is 37.3 Å². The van der Waals surface area contributed by atoms with Crippen molar-refractivity contribution in [3.8, 4) is 11.5 Å². The molecule has 1 unspecified atom stereocenters. The molecule has 8 nitrogen and oxygen atoms in total. The van der Waals surface area contributed by atoms with Crippen LogP contribution in [-0.2, 0) is 16.1 Å². The molecule has 2 aromatic rings. The predicted molar refractivity (Wildman–Crippen MR) is 124 cm³/mol. The molecule has 1 aliphatic rings. The number of nitrogens with one attached hydrogen (secondary N) is 2. The van der Waals surface area contributed by atoms with Crippen LogP contribution in [0, 0.1) is 0 Å². The number of carbonyl (C=O) groups is 2. The van der Waals surface area contributed by atoms with Crippen LogP contribution in [0.3, 0.4) is 0 Å². The van der Waals surface area contributed by atoms with Crippen LogP contribution in [0.1, 0.15) is 12.5 Å². The fourth-order valence-corrected chi connectivity index (χ4v) is 3.68. The third-order valence-corrected chi connectivity index (χ3v) is 5.70. The van der Waals surface area contributed by atoms with Crippen LogP contribution in [0.5, 0.6) is 11.5 Å². The van der Waals surface area contributed by atoms with E-state index < -0.39 is 0 Å². The lowest BCUT2D eigenvalue weighted by Gasteiger charge is -2.37. The number of amides is 2. The van der Waals surface area contributed by atoms with E-state index >= 15 is 0 Å². The van der Waals surface area contributed by atoms with E-state index in [1.165, 1.54) is 0 Å². The Labute approximate surface area is 189 Å². The van der Waals surface area contributed by atoms with Crippen LogP contribution in [-0.4, -0.2) is 74.6 Å². The summed E-state index contributed by atoms with van der Waals surface area (Å²) in [5.74, 6) is 1.13. The van der Waals surface area contributed by atoms with Crippen LogP contribution in [0.4, 0.5) is 5.69 Å². The smallest absolute Gasteiger partial charge is 0.241 e. The Hall–Kier alpha value is -3.10. The van der Waals surface area contributed by atoms with Crippen molar-refractivity contribution >= 4 is 17.5 Å². The molecule has 1 atom stereocenters. The minimum Gasteiger partial charge on any atom is -0.497 e. The normalized spacial score (nSPS) is 15.6. The molecule has 0 radical (unpaired) electrons. The van der Waals surface area contributed by atoms with Crippen molar-refractivity contribution in [3.63, 3.8) is 0 Å². The van der Waals surface area contributed by atoms with Gasteiger partial charge in [0.2, 0.25) is 11.8 Å². The van der Waals surface area contributed by atoms with Crippen LogP contribution in [0.15, 0.2) is 48.5 Å². The first-order valence-electron chi connectivity index (χ1n) is 10.8. The molecule has 1 heterocycles. The van der Waals surface area contributed by atoms with Gasteiger partial charge in [0.05, 0.1) is 32.5 Å². The highest BCUT2D eigenvalue weighted by Gasteiger charge is 2.27. The van der Waals surface area contributed by atoms with Gasteiger partial charge >= 0.3 is 0 Å². The molecule has 32 heavy (non-hydrogen) atoms. The molecule has 8 heteroatoms. The van der Waals surface area contributed by atoms with Crippen molar-refractivity contribution in [3.05, 3.63) is 54.1 Å². The fourth-order valence-electron chi connectivity index (χ4n) is 3.68. The Kier molecular flexibility index (Phi) is 8.47. The summed E-state index contributed by atoms with van der Waals surface area (Å²) in [6.45, 7) is 5.69. The SMILES string of the molecule is COc1ccc(OC)c(NC(=O)C(C)N2CCN(CC(=O)NCc3ccccc3)CC2)c1. The maximum atomic E-state index is 12.8. The van der Waals surface area contributed by atoms with E-state index in [2.05, 4.69) is 20.4 Å². The average Bonchev–Trinajstić information content (AvgIpc) is 2.83. The van der Waals surface area contributed by atoms with Crippen molar-refractivity contribution < 1.29 is 19.1 Å². The molecule has 2 aromatic carbocycles. The van der Waals surface area contributed by atoms with Gasteiger partial charge in [-0.3, -0.25) is 19.4 Å². The summed E-state index contributed by atoms with van der Waals surface area (Å²) in [7, 11) is 3.15. The van der Waals surface area contributed by atoms with Crippen molar-refractivity contribution in [2.75, 3.05) is 52.3 Å². The Morgan fingerprint density at radius 1 is 1.00 bits per heavy atom. The minimum absolute atomic E-state index is 0.0122. The van der Waals surface area contributed by atoms with Gasteiger partial charge in [-0.2, -0.15) is 0 Å². The number of rotatable bonds is 9. The van der Waals surface area contributed by atoms with Gasteiger partial charge in [0.15, 0.2) is 0 Å². The Bertz CT molecular complexity index is 898. The predicted octanol–water partition coefficient (Wildman–Crippen LogP) is 1.96. The summed E-state index contributed by atoms with van der Waals surface area (Å²) in [5.41, 5.74) is 1.66. The van der Waals surface area contributed by atoms with Crippen LogP contribution < -0.4 is 20.1 Å². The molecule has 0 bridgehead atoms. The van der Waals surface area contributed by atoms with Gasteiger partial charge in [0.25, 0.3) is 0 Å². The maximum absolute atomic E-state index is 12.8. The summed E-state index contributed by atoms with van der Waals surface area (Å²) in [6, 6.07) is 14.9. The number of hydrogen-bond donors (Lipinski definition) is 2. The van der Waals surface area contributed by atoms with E-state index in [1.54, 1.807) is 32.4 Å². The lowest BCUT2D eigenvalue weighted by Crippen LogP contribution is -2.54. The Balaban J connectivity index is 1.45. The van der Waals surface area contributed by atoms with Gasteiger partial charge in [0, 0.05) is 38.8 Å². The lowest BCUT2D eigenvalue weighted by atomic mass is 10.2. The molecular weight excluding hydrogens is 408 g/mol. The minimum atomic E-state index is -0.306. The summed E-state index contributed by atoms with van der Waals surface area (Å²) >= 11 is 0. The highest BCUT2D eigenvalue weighted by Crippen LogP contribution is 2.29. The number of ether oxygens (including phenoxy) is 2. The Morgan fingerprint density at radius 3 is 2.38 bits per heavy atom. The standard InChI is InChI=1S/C24H32N4O4/c1-18(24(30)26-21-15-20(31-2)9-10-22(21)32-3)28-13-11-27(12-14-28)17-23(29)25-16-19-7-5-4-6-8-19/h4-10,15,18H,11-14,16-17H2,1-3H3,(H,25,29)(H,26,30). The zero-order valence-corrected chi connectivity index (χ0v) is 19.0. The monoisotopic (exact) mass is 440 g/mol. The molecule has 0 aromatic heterocycles. The number of hydrogen-bond acceptors (Lipinski definition) is 6. The van der Waals surface area contributed by atoms with Gasteiger partial charge in [-0.05, 0) is 24.6 Å². The zero-order chi connectivity index (χ0) is 22.9. The van der Waals surface area contributed by atoms with E-state index in [9.17, 15) is 9.59 Å². The van der Waals surface area contributed by atoms with Gasteiger partial charge < -0.3 is 20.1 Å². The number of carbonyl (C=O) groups excluding carboxylic acids is 2. The second-order valence-corrected chi connectivity index (χ2v) is 7.81. The van der Waals surface area contributed by atoms with Gasteiger partial charge in [-0.1, -0.05) is 30.3 Å². The molecule has 0 spiro atoms. The highest BCUT2D eigenvalue weighted by molar-refractivity contribution is 5.96. The summed E-state index contributed by atoms with van der Waals surface area (Å²) in [6.07, 6.45) is 0. The average molecular weight is 441 g/mol. The van der Waals surface area contributed by atoms with E-state index in [0.717, 1.165) is 31.7 Å². The highest BCUT2D eigenvalue weighted by atomic mass is 16.5. The molecule has 3 rings (SSSR count). The second-order valence-electron chi connectivity index (χ2n) is 7.81. The van der Waals surface area contributed by atoms with Gasteiger partial charge in [-0.25, -0.2) is 0 Å². The third kappa shape index (κ3) is 6.45. The quantitative estimate of drug-likeness (QED) is 0.620. The summed E-state index contributed by atoms with van der Waals surface area (Å²) in [4.78, 5) is 29.3. The number of methoxy groups -OCH3 is 2. The van der Waals surface area contributed by atoms with Crippen molar-refractivity contribution in [2.45, 2.75) is 19.5 Å². The first-order chi connectivity index (χ1) is 15.5. The largest absolute Gasteiger partial charge is 0.497 e. The van der Waals surface area contributed by atoms with Crippen LogP contribution >= 0.6 is 0 Å².